The summed E-state index contributed by atoms with van der Waals surface area (Å²) in [6, 6.07) is 34.4. The van der Waals surface area contributed by atoms with Crippen LogP contribution in [-0.4, -0.2) is 90.0 Å². The van der Waals surface area contributed by atoms with Crippen LogP contribution >= 0.6 is 0 Å². The van der Waals surface area contributed by atoms with Crippen molar-refractivity contribution in [1.82, 2.24) is 0 Å². The molecule has 2 saturated heterocycles. The van der Waals surface area contributed by atoms with Crippen LogP contribution in [0, 0.1) is 5.92 Å². The van der Waals surface area contributed by atoms with Crippen LogP contribution in [-0.2, 0) is 39.8 Å². The zero-order chi connectivity index (χ0) is 38.0. The van der Waals surface area contributed by atoms with Gasteiger partial charge in [-0.1, -0.05) is 98.8 Å². The van der Waals surface area contributed by atoms with Gasteiger partial charge >= 0.3 is 17.9 Å². The van der Waals surface area contributed by atoms with Crippen LogP contribution in [0.1, 0.15) is 56.9 Å². The van der Waals surface area contributed by atoms with Crippen LogP contribution < -0.4 is 0 Å². The van der Waals surface area contributed by atoms with Crippen LogP contribution in [0.5, 0.6) is 0 Å². The van der Waals surface area contributed by atoms with Gasteiger partial charge in [0.2, 0.25) is 0 Å². The average molecular weight is 741 g/mol. The van der Waals surface area contributed by atoms with E-state index in [4.69, 9.17) is 33.2 Å². The van der Waals surface area contributed by atoms with E-state index in [0.717, 1.165) is 5.56 Å². The molecule has 4 unspecified atom stereocenters. The number of rotatable bonds is 13. The van der Waals surface area contributed by atoms with Crippen LogP contribution in [0.4, 0.5) is 0 Å². The summed E-state index contributed by atoms with van der Waals surface area (Å²) in [7, 11) is 0. The van der Waals surface area contributed by atoms with Crippen LogP contribution in [0.15, 0.2) is 121 Å². The molecular formula is C42H44O12. The van der Waals surface area contributed by atoms with Crippen molar-refractivity contribution in [3.05, 3.63) is 144 Å². The Morgan fingerprint density at radius 1 is 0.593 bits per heavy atom. The molecule has 12 heteroatoms. The second-order valence-corrected chi connectivity index (χ2v) is 13.2. The Bertz CT molecular complexity index is 1790. The van der Waals surface area contributed by atoms with E-state index in [9.17, 15) is 24.6 Å². The lowest BCUT2D eigenvalue weighted by atomic mass is 9.88. The number of hydrogen-bond donors (Lipinski definition) is 2. The van der Waals surface area contributed by atoms with E-state index in [0.29, 0.717) is 12.0 Å². The summed E-state index contributed by atoms with van der Waals surface area (Å²) in [6.07, 6.45) is -10.7. The number of hydrogen-bond acceptors (Lipinski definition) is 12. The predicted molar refractivity (Wildman–Crippen MR) is 193 cm³/mol. The molecule has 284 valence electrons. The molecule has 0 radical (unpaired) electrons. The smallest absolute Gasteiger partial charge is 0.338 e. The Hall–Kier alpha value is -4.95. The van der Waals surface area contributed by atoms with Crippen molar-refractivity contribution in [2.75, 3.05) is 6.61 Å². The molecule has 4 aromatic carbocycles. The molecule has 10 atom stereocenters. The largest absolute Gasteiger partial charge is 0.459 e. The first kappa shape index (κ1) is 38.8. The van der Waals surface area contributed by atoms with Crippen LogP contribution in [0.25, 0.3) is 0 Å². The van der Waals surface area contributed by atoms with E-state index in [1.807, 2.05) is 44.2 Å². The Morgan fingerprint density at radius 3 is 1.61 bits per heavy atom. The highest BCUT2D eigenvalue weighted by atomic mass is 16.7. The lowest BCUT2D eigenvalue weighted by Crippen LogP contribution is -2.63. The number of ether oxygens (including phenoxy) is 7. The first-order valence-corrected chi connectivity index (χ1v) is 18.0. The average Bonchev–Trinajstić information content (AvgIpc) is 3.22. The number of esters is 3. The lowest BCUT2D eigenvalue weighted by Gasteiger charge is -2.48. The summed E-state index contributed by atoms with van der Waals surface area (Å²) >= 11 is 0. The molecule has 0 aromatic heterocycles. The van der Waals surface area contributed by atoms with Crippen molar-refractivity contribution < 1.29 is 57.8 Å². The van der Waals surface area contributed by atoms with E-state index >= 15 is 0 Å². The Balaban J connectivity index is 1.26. The van der Waals surface area contributed by atoms with Crippen LogP contribution in [0.3, 0.4) is 0 Å². The Kier molecular flexibility index (Phi) is 13.2. The minimum absolute atomic E-state index is 0.177. The predicted octanol–water partition coefficient (Wildman–Crippen LogP) is 5.11. The van der Waals surface area contributed by atoms with Gasteiger partial charge in [0.25, 0.3) is 0 Å². The highest BCUT2D eigenvalue weighted by molar-refractivity contribution is 5.90. The van der Waals surface area contributed by atoms with Crippen LogP contribution in [0.2, 0.25) is 0 Å². The number of carbonyl (C=O) groups excluding carboxylic acids is 3. The summed E-state index contributed by atoms with van der Waals surface area (Å²) in [5, 5.41) is 22.6. The highest BCUT2D eigenvalue weighted by Gasteiger charge is 2.53. The third-order valence-electron chi connectivity index (χ3n) is 9.47. The second-order valence-electron chi connectivity index (χ2n) is 13.2. The molecule has 54 heavy (non-hydrogen) atoms. The summed E-state index contributed by atoms with van der Waals surface area (Å²) in [6.45, 7) is 3.43. The topological polar surface area (TPSA) is 156 Å². The molecule has 2 N–H and O–H groups in total. The molecule has 0 spiro atoms. The maximum absolute atomic E-state index is 13.4. The number of carbonyl (C=O) groups is 3. The maximum Gasteiger partial charge on any atom is 0.338 e. The van der Waals surface area contributed by atoms with Crippen molar-refractivity contribution in [2.45, 2.75) is 82.2 Å². The second kappa shape index (κ2) is 18.4. The Morgan fingerprint density at radius 2 is 1.07 bits per heavy atom. The summed E-state index contributed by atoms with van der Waals surface area (Å²) in [5.41, 5.74) is 1.70. The normalized spacial score (nSPS) is 28.1. The molecule has 2 fully saturated rings. The molecule has 6 rings (SSSR count). The van der Waals surface area contributed by atoms with Crippen molar-refractivity contribution >= 4 is 17.9 Å². The summed E-state index contributed by atoms with van der Waals surface area (Å²) in [4.78, 5) is 39.5. The molecule has 0 bridgehead atoms. The minimum Gasteiger partial charge on any atom is -0.459 e. The SMILES string of the molecule is CCC1O[C@@H](OCc2ccccc2)C(OC(=O)c2ccccc2)[C@@H](C)[C@@H]1O[C@@H]1OC(COC(=O)c2ccccc2)[C@H](O)[C@H](O)C1OC(=O)c1ccccc1. The van der Waals surface area contributed by atoms with Crippen molar-refractivity contribution in [1.29, 1.82) is 0 Å². The van der Waals surface area contributed by atoms with Gasteiger partial charge in [0.05, 0.1) is 35.5 Å². The molecule has 2 aliphatic heterocycles. The van der Waals surface area contributed by atoms with E-state index in [2.05, 4.69) is 0 Å². The lowest BCUT2D eigenvalue weighted by molar-refractivity contribution is -0.349. The van der Waals surface area contributed by atoms with Gasteiger partial charge in [0, 0.05) is 5.92 Å². The number of aliphatic hydroxyl groups is 2. The number of aliphatic hydroxyl groups excluding tert-OH is 2. The molecule has 2 heterocycles. The summed E-state index contributed by atoms with van der Waals surface area (Å²) in [5.74, 6) is -2.66. The molecule has 4 aromatic rings. The van der Waals surface area contributed by atoms with Crippen molar-refractivity contribution in [2.24, 2.45) is 5.92 Å². The van der Waals surface area contributed by atoms with E-state index in [1.165, 1.54) is 0 Å². The van der Waals surface area contributed by atoms with Crippen molar-refractivity contribution in [3.63, 3.8) is 0 Å². The molecule has 0 aliphatic carbocycles. The maximum atomic E-state index is 13.4. The Labute approximate surface area is 313 Å². The fourth-order valence-corrected chi connectivity index (χ4v) is 6.47. The van der Waals surface area contributed by atoms with E-state index in [1.54, 1.807) is 91.0 Å². The first-order valence-electron chi connectivity index (χ1n) is 18.0. The zero-order valence-electron chi connectivity index (χ0n) is 29.9. The summed E-state index contributed by atoms with van der Waals surface area (Å²) < 4.78 is 42.8. The van der Waals surface area contributed by atoms with Gasteiger partial charge in [-0.2, -0.15) is 0 Å². The van der Waals surface area contributed by atoms with Gasteiger partial charge in [-0.15, -0.1) is 0 Å². The van der Waals surface area contributed by atoms with Gasteiger partial charge in [-0.25, -0.2) is 14.4 Å². The first-order chi connectivity index (χ1) is 26.2. The molecule has 0 amide bonds. The fourth-order valence-electron chi connectivity index (χ4n) is 6.47. The number of benzene rings is 4. The standard InChI is InChI=1S/C42H44O12/c1-3-31-35(26(2)36(52-39(46)29-20-12-6-13-21-29)41(50-31)49-24-27-16-8-4-9-17-27)54-42-37(53-40(47)30-22-14-7-15-23-30)34(44)33(43)32(51-42)25-48-38(45)28-18-10-5-11-19-28/h4-23,26,31-37,41-44H,3,24-25H2,1-2H3/t26-,31?,32?,33-,34-,35-,36?,37?,41+,42-/m0/s1. The van der Waals surface area contributed by atoms with E-state index in [-0.39, 0.29) is 17.7 Å². The third kappa shape index (κ3) is 9.40. The molecule has 12 nitrogen and oxygen atoms in total. The van der Waals surface area contributed by atoms with Gasteiger partial charge < -0.3 is 43.4 Å². The highest BCUT2D eigenvalue weighted by Crippen LogP contribution is 2.36. The molecular weight excluding hydrogens is 696 g/mol. The van der Waals surface area contributed by atoms with E-state index < -0.39 is 85.7 Å². The zero-order valence-corrected chi connectivity index (χ0v) is 29.9. The van der Waals surface area contributed by atoms with Gasteiger partial charge in [0.15, 0.2) is 24.8 Å². The van der Waals surface area contributed by atoms with Gasteiger partial charge in [-0.05, 0) is 48.4 Å². The van der Waals surface area contributed by atoms with Gasteiger partial charge in [0.1, 0.15) is 24.9 Å². The fraction of sp³-hybridized carbons (Fsp3) is 0.357. The molecule has 0 saturated carbocycles. The monoisotopic (exact) mass is 740 g/mol. The quantitative estimate of drug-likeness (QED) is 0.138. The minimum atomic E-state index is -1.72. The van der Waals surface area contributed by atoms with Crippen molar-refractivity contribution in [3.8, 4) is 0 Å². The molecule has 2 aliphatic rings. The van der Waals surface area contributed by atoms with Gasteiger partial charge in [-0.3, -0.25) is 0 Å². The third-order valence-corrected chi connectivity index (χ3v) is 9.47.